The number of sulfonamides is 1. The van der Waals surface area contributed by atoms with Gasteiger partial charge < -0.3 is 30.3 Å². The van der Waals surface area contributed by atoms with E-state index in [4.69, 9.17) is 9.47 Å². The number of nitrogens with one attached hydrogen (secondary N) is 4. The Labute approximate surface area is 288 Å². The van der Waals surface area contributed by atoms with Gasteiger partial charge >= 0.3 is 12.2 Å². The average molecular weight is 704 g/mol. The van der Waals surface area contributed by atoms with Crippen LogP contribution < -0.4 is 20.7 Å². The molecule has 15 heteroatoms. The number of likely N-dealkylation sites (tertiary alicyclic amines) is 1. The van der Waals surface area contributed by atoms with E-state index in [2.05, 4.69) is 27.3 Å². The van der Waals surface area contributed by atoms with Crippen molar-refractivity contribution < 1.29 is 41.9 Å². The molecule has 5 atom stereocenters. The number of hydrogen-bond donors (Lipinski definition) is 4. The molecule has 1 aliphatic heterocycles. The van der Waals surface area contributed by atoms with Crippen LogP contribution in [-0.4, -0.2) is 84.3 Å². The molecule has 4 rings (SSSR count). The second-order valence-electron chi connectivity index (χ2n) is 15.2. The van der Waals surface area contributed by atoms with E-state index < -0.39 is 85.8 Å². The van der Waals surface area contributed by atoms with Crippen LogP contribution in [0.25, 0.3) is 0 Å². The van der Waals surface area contributed by atoms with Crippen molar-refractivity contribution in [2.24, 2.45) is 11.3 Å². The first-order chi connectivity index (χ1) is 22.7. The van der Waals surface area contributed by atoms with Crippen LogP contribution >= 0.6 is 0 Å². The summed E-state index contributed by atoms with van der Waals surface area (Å²) in [6.07, 6.45) is -0.160. The lowest BCUT2D eigenvalue weighted by molar-refractivity contribution is -0.143. The van der Waals surface area contributed by atoms with E-state index in [-0.39, 0.29) is 25.9 Å². The Bertz CT molecular complexity index is 1600. The van der Waals surface area contributed by atoms with E-state index in [0.717, 1.165) is 11.1 Å². The lowest BCUT2D eigenvalue weighted by Gasteiger charge is -2.36. The number of carbonyl (C=O) groups is 5. The van der Waals surface area contributed by atoms with E-state index in [0.29, 0.717) is 12.8 Å². The number of aryl methyl sites for hydroxylation is 1. The largest absolute Gasteiger partial charge is 0.444 e. The summed E-state index contributed by atoms with van der Waals surface area (Å²) in [6.45, 7) is 15.9. The van der Waals surface area contributed by atoms with Crippen molar-refractivity contribution in [2.45, 2.75) is 115 Å². The van der Waals surface area contributed by atoms with E-state index in [1.807, 2.05) is 31.2 Å². The molecular formula is C34H49N5O9S. The van der Waals surface area contributed by atoms with Gasteiger partial charge in [-0.25, -0.2) is 18.0 Å². The van der Waals surface area contributed by atoms with Gasteiger partial charge in [-0.15, -0.1) is 6.58 Å². The highest BCUT2D eigenvalue weighted by atomic mass is 32.2. The zero-order chi connectivity index (χ0) is 36.5. The Balaban J connectivity index is 1.56. The fraction of sp³-hybridized carbons (Fsp3) is 0.618. The van der Waals surface area contributed by atoms with Gasteiger partial charge in [0.1, 0.15) is 29.3 Å². The molecule has 49 heavy (non-hydrogen) atoms. The third kappa shape index (κ3) is 9.31. The van der Waals surface area contributed by atoms with Gasteiger partial charge in [0.15, 0.2) is 0 Å². The van der Waals surface area contributed by atoms with E-state index in [1.165, 1.54) is 11.0 Å². The van der Waals surface area contributed by atoms with Crippen molar-refractivity contribution in [1.29, 1.82) is 0 Å². The molecule has 3 aliphatic rings. The standard InChI is InChI=1S/C34H49N5O9S/c1-9-22-17-34(22,29(42)38-49(45,46)24-14-15-24)37-27(40)25-16-23(47-30(43)35-18-21-13-11-10-12-20(21)2)19-39(25)28(41)26(32(3,4)5)36-31(44)48-33(6,7)8/h9-13,22-26H,1,14-19H2,2-8H3,(H,35,43)(H,36,44)(H,37,40)(H,38,42)/t22?,23-,25+,26-,34-/m1/s1. The van der Waals surface area contributed by atoms with Gasteiger partial charge in [-0.2, -0.15) is 0 Å². The maximum absolute atomic E-state index is 14.2. The SMILES string of the molecule is C=CC1C[C@]1(NC(=O)[C@@H]1C[C@@H](OC(=O)NCc2ccccc2C)CN1C(=O)[C@@H](NC(=O)OC(C)(C)C)C(C)(C)C)C(=O)NS(=O)(=O)C1CC1. The molecule has 3 fully saturated rings. The lowest BCUT2D eigenvalue weighted by Crippen LogP contribution is -2.60. The maximum Gasteiger partial charge on any atom is 0.408 e. The number of benzene rings is 1. The monoisotopic (exact) mass is 703 g/mol. The van der Waals surface area contributed by atoms with Crippen molar-refractivity contribution in [3.8, 4) is 0 Å². The highest BCUT2D eigenvalue weighted by molar-refractivity contribution is 7.91. The van der Waals surface area contributed by atoms with Gasteiger partial charge in [-0.05, 0) is 63.5 Å². The minimum Gasteiger partial charge on any atom is -0.444 e. The summed E-state index contributed by atoms with van der Waals surface area (Å²) in [7, 11) is -3.91. The van der Waals surface area contributed by atoms with Crippen molar-refractivity contribution in [3.63, 3.8) is 0 Å². The normalized spacial score (nSPS) is 24.2. The zero-order valence-electron chi connectivity index (χ0n) is 29.3. The number of hydrogen-bond acceptors (Lipinski definition) is 9. The highest BCUT2D eigenvalue weighted by Crippen LogP contribution is 2.45. The molecule has 0 radical (unpaired) electrons. The topological polar surface area (TPSA) is 189 Å². The number of nitrogens with zero attached hydrogens (tertiary/aromatic N) is 1. The smallest absolute Gasteiger partial charge is 0.408 e. The predicted molar refractivity (Wildman–Crippen MR) is 180 cm³/mol. The predicted octanol–water partition coefficient (Wildman–Crippen LogP) is 2.80. The Morgan fingerprint density at radius 3 is 2.27 bits per heavy atom. The van der Waals surface area contributed by atoms with Crippen LogP contribution in [0.15, 0.2) is 36.9 Å². The summed E-state index contributed by atoms with van der Waals surface area (Å²) in [4.78, 5) is 68.5. The minimum atomic E-state index is -3.91. The van der Waals surface area contributed by atoms with Crippen molar-refractivity contribution in [3.05, 3.63) is 48.0 Å². The molecule has 1 unspecified atom stereocenters. The van der Waals surface area contributed by atoms with Crippen LogP contribution in [-0.2, 0) is 40.4 Å². The molecular weight excluding hydrogens is 654 g/mol. The number of carbonyl (C=O) groups excluding carboxylic acids is 5. The van der Waals surface area contributed by atoms with Gasteiger partial charge in [0.25, 0.3) is 5.91 Å². The zero-order valence-corrected chi connectivity index (χ0v) is 30.1. The third-order valence-corrected chi connectivity index (χ3v) is 10.6. The van der Waals surface area contributed by atoms with Gasteiger partial charge in [0.05, 0.1) is 11.8 Å². The van der Waals surface area contributed by atoms with Crippen LogP contribution in [0.5, 0.6) is 0 Å². The summed E-state index contributed by atoms with van der Waals surface area (Å²) < 4.78 is 38.4. The Morgan fingerprint density at radius 2 is 1.71 bits per heavy atom. The molecule has 0 spiro atoms. The highest BCUT2D eigenvalue weighted by Gasteiger charge is 2.62. The maximum atomic E-state index is 14.2. The molecule has 0 bridgehead atoms. The van der Waals surface area contributed by atoms with Crippen LogP contribution in [0, 0.1) is 18.3 Å². The summed E-state index contributed by atoms with van der Waals surface area (Å²) in [5, 5.41) is 7.39. The van der Waals surface area contributed by atoms with Gasteiger partial charge in [-0.3, -0.25) is 19.1 Å². The van der Waals surface area contributed by atoms with E-state index in [1.54, 1.807) is 41.5 Å². The molecule has 2 aliphatic carbocycles. The fourth-order valence-electron chi connectivity index (χ4n) is 5.80. The molecule has 1 saturated heterocycles. The summed E-state index contributed by atoms with van der Waals surface area (Å²) in [6, 6.07) is 5.12. The second kappa shape index (κ2) is 14.0. The molecule has 0 aromatic heterocycles. The summed E-state index contributed by atoms with van der Waals surface area (Å²) in [5.41, 5.74) is -1.42. The van der Waals surface area contributed by atoms with Crippen LogP contribution in [0.3, 0.4) is 0 Å². The molecule has 1 aromatic rings. The van der Waals surface area contributed by atoms with Gasteiger partial charge in [0, 0.05) is 18.9 Å². The Hall–Kier alpha value is -4.14. The Morgan fingerprint density at radius 1 is 1.06 bits per heavy atom. The second-order valence-corrected chi connectivity index (χ2v) is 17.1. The molecule has 1 heterocycles. The number of alkyl carbamates (subject to hydrolysis) is 2. The van der Waals surface area contributed by atoms with Crippen LogP contribution in [0.4, 0.5) is 9.59 Å². The molecule has 270 valence electrons. The van der Waals surface area contributed by atoms with E-state index in [9.17, 15) is 32.4 Å². The number of rotatable bonds is 11. The van der Waals surface area contributed by atoms with Gasteiger partial charge in [0.2, 0.25) is 21.8 Å². The first kappa shape index (κ1) is 37.7. The molecule has 4 N–H and O–H groups in total. The number of ether oxygens (including phenoxy) is 2. The molecule has 5 amide bonds. The average Bonchev–Trinajstić information content (AvgIpc) is 3.90. The van der Waals surface area contributed by atoms with Crippen molar-refractivity contribution >= 4 is 39.9 Å². The Kier molecular flexibility index (Phi) is 10.8. The van der Waals surface area contributed by atoms with Gasteiger partial charge in [-0.1, -0.05) is 51.1 Å². The van der Waals surface area contributed by atoms with Crippen molar-refractivity contribution in [1.82, 2.24) is 25.6 Å². The molecule has 2 saturated carbocycles. The van der Waals surface area contributed by atoms with Crippen LogP contribution in [0.1, 0.15) is 78.4 Å². The fourth-order valence-corrected chi connectivity index (χ4v) is 7.17. The first-order valence-electron chi connectivity index (χ1n) is 16.5. The molecule has 1 aromatic carbocycles. The molecule has 14 nitrogen and oxygen atoms in total. The van der Waals surface area contributed by atoms with Crippen LogP contribution in [0.2, 0.25) is 0 Å². The van der Waals surface area contributed by atoms with Crippen molar-refractivity contribution in [2.75, 3.05) is 6.54 Å². The summed E-state index contributed by atoms with van der Waals surface area (Å²) in [5.74, 6) is -2.80. The van der Waals surface area contributed by atoms with E-state index >= 15 is 0 Å². The first-order valence-corrected chi connectivity index (χ1v) is 18.0. The lowest BCUT2D eigenvalue weighted by atomic mass is 9.85. The summed E-state index contributed by atoms with van der Waals surface area (Å²) >= 11 is 0. The quantitative estimate of drug-likeness (QED) is 0.251. The number of amides is 5. The third-order valence-electron chi connectivity index (χ3n) is 8.83. The minimum absolute atomic E-state index is 0.112.